The summed E-state index contributed by atoms with van der Waals surface area (Å²) in [5, 5.41) is 10.3. The summed E-state index contributed by atoms with van der Waals surface area (Å²) in [5.74, 6) is -0.362. The van der Waals surface area contributed by atoms with Crippen molar-refractivity contribution in [2.24, 2.45) is 0 Å². The van der Waals surface area contributed by atoms with E-state index in [0.29, 0.717) is 28.5 Å². The van der Waals surface area contributed by atoms with E-state index in [4.69, 9.17) is 16.3 Å². The smallest absolute Gasteiger partial charge is 0.277 e. The first-order valence-corrected chi connectivity index (χ1v) is 11.7. The summed E-state index contributed by atoms with van der Waals surface area (Å²) < 4.78 is 21.0. The van der Waals surface area contributed by atoms with Crippen LogP contribution in [0.5, 0.6) is 5.75 Å². The van der Waals surface area contributed by atoms with Crippen molar-refractivity contribution >= 4 is 11.6 Å². The summed E-state index contributed by atoms with van der Waals surface area (Å²) >= 11 is 6.40. The van der Waals surface area contributed by atoms with E-state index < -0.39 is 17.0 Å². The third-order valence-electron chi connectivity index (χ3n) is 5.78. The maximum absolute atomic E-state index is 13.9. The Kier molecular flexibility index (Phi) is 6.93. The molecule has 4 heterocycles. The van der Waals surface area contributed by atoms with Crippen molar-refractivity contribution < 1.29 is 14.2 Å². The van der Waals surface area contributed by atoms with Crippen molar-refractivity contribution in [2.45, 2.75) is 46.8 Å². The van der Waals surface area contributed by atoms with Crippen LogP contribution in [0.25, 0.3) is 17.1 Å². The van der Waals surface area contributed by atoms with E-state index in [1.54, 1.807) is 45.2 Å². The molecule has 0 aliphatic heterocycles. The van der Waals surface area contributed by atoms with Crippen LogP contribution in [0, 0.1) is 26.6 Å². The lowest BCUT2D eigenvalue weighted by Crippen LogP contribution is -2.23. The van der Waals surface area contributed by atoms with Crippen LogP contribution >= 0.6 is 11.6 Å². The molecule has 0 bridgehead atoms. The number of nitrogens with zero attached hydrogens (tertiary/aromatic N) is 4. The van der Waals surface area contributed by atoms with E-state index in [2.05, 4.69) is 15.0 Å². The number of aliphatic hydroxyl groups is 1. The van der Waals surface area contributed by atoms with E-state index in [0.717, 1.165) is 11.1 Å². The first-order chi connectivity index (χ1) is 17.0. The molecular formula is C27H26ClFN4O3. The van der Waals surface area contributed by atoms with Gasteiger partial charge in [-0.15, -0.1) is 0 Å². The molecule has 36 heavy (non-hydrogen) atoms. The fourth-order valence-corrected chi connectivity index (χ4v) is 3.96. The Hall–Kier alpha value is -3.62. The Bertz CT molecular complexity index is 1510. The molecule has 0 amide bonds. The van der Waals surface area contributed by atoms with Gasteiger partial charge in [0.2, 0.25) is 0 Å². The monoisotopic (exact) mass is 508 g/mol. The van der Waals surface area contributed by atoms with E-state index in [-0.39, 0.29) is 23.1 Å². The zero-order chi connectivity index (χ0) is 26.2. The van der Waals surface area contributed by atoms with Gasteiger partial charge in [-0.2, -0.15) is 0 Å². The minimum atomic E-state index is -1.12. The first-order valence-electron chi connectivity index (χ1n) is 11.3. The van der Waals surface area contributed by atoms with Gasteiger partial charge in [0, 0.05) is 24.2 Å². The molecule has 186 valence electrons. The van der Waals surface area contributed by atoms with Gasteiger partial charge in [0.15, 0.2) is 0 Å². The standard InChI is InChI=1S/C27H26ClFN4O3/c1-15-8-9-23(27(4,5)35)32-25(15)19-12-21(16(2)13-31-19)33-17(3)11-22(24(28)26(33)34)36-14-20-18(29)7-6-10-30-20/h6-13,35H,14H2,1-5H3. The van der Waals surface area contributed by atoms with Gasteiger partial charge in [-0.1, -0.05) is 17.7 Å². The summed E-state index contributed by atoms with van der Waals surface area (Å²) in [5.41, 5.74) is 2.94. The highest BCUT2D eigenvalue weighted by Gasteiger charge is 2.21. The summed E-state index contributed by atoms with van der Waals surface area (Å²) in [6.45, 7) is 8.66. The minimum Gasteiger partial charge on any atom is -0.485 e. The van der Waals surface area contributed by atoms with Gasteiger partial charge in [-0.3, -0.25) is 19.3 Å². The molecular weight excluding hydrogens is 483 g/mol. The molecule has 1 N–H and O–H groups in total. The van der Waals surface area contributed by atoms with Crippen LogP contribution in [0.3, 0.4) is 0 Å². The molecule has 0 spiro atoms. The van der Waals surface area contributed by atoms with Crippen molar-refractivity contribution in [1.29, 1.82) is 0 Å². The van der Waals surface area contributed by atoms with Gasteiger partial charge in [-0.25, -0.2) is 9.37 Å². The number of rotatable bonds is 6. The number of aryl methyl sites for hydroxylation is 3. The van der Waals surface area contributed by atoms with Crippen molar-refractivity contribution in [2.75, 3.05) is 0 Å². The Morgan fingerprint density at radius 3 is 2.56 bits per heavy atom. The molecule has 7 nitrogen and oxygen atoms in total. The number of hydrogen-bond acceptors (Lipinski definition) is 6. The lowest BCUT2D eigenvalue weighted by Gasteiger charge is -2.19. The molecule has 4 aromatic rings. The molecule has 0 atom stereocenters. The molecule has 0 fully saturated rings. The maximum atomic E-state index is 13.9. The van der Waals surface area contributed by atoms with Gasteiger partial charge in [0.25, 0.3) is 5.56 Å². The highest BCUT2D eigenvalue weighted by molar-refractivity contribution is 6.31. The summed E-state index contributed by atoms with van der Waals surface area (Å²) in [6.07, 6.45) is 3.13. The molecule has 0 saturated heterocycles. The number of aromatic nitrogens is 4. The molecule has 0 aliphatic rings. The normalized spacial score (nSPS) is 11.6. The lowest BCUT2D eigenvalue weighted by atomic mass is 10.0. The molecule has 0 aromatic carbocycles. The zero-order valence-electron chi connectivity index (χ0n) is 20.6. The quantitative estimate of drug-likeness (QED) is 0.384. The first kappa shape index (κ1) is 25.5. The second kappa shape index (κ2) is 9.79. The van der Waals surface area contributed by atoms with Gasteiger partial charge in [0.1, 0.15) is 34.5 Å². The highest BCUT2D eigenvalue weighted by Crippen LogP contribution is 2.29. The Morgan fingerprint density at radius 2 is 1.86 bits per heavy atom. The number of ether oxygens (including phenoxy) is 1. The fraction of sp³-hybridized carbons (Fsp3) is 0.259. The predicted octanol–water partition coefficient (Wildman–Crippen LogP) is 5.21. The van der Waals surface area contributed by atoms with Crippen LogP contribution in [0.1, 0.15) is 42.1 Å². The Balaban J connectivity index is 1.76. The highest BCUT2D eigenvalue weighted by atomic mass is 35.5. The zero-order valence-corrected chi connectivity index (χ0v) is 21.4. The topological polar surface area (TPSA) is 90.1 Å². The summed E-state index contributed by atoms with van der Waals surface area (Å²) in [4.78, 5) is 26.5. The molecule has 0 saturated carbocycles. The van der Waals surface area contributed by atoms with Gasteiger partial charge < -0.3 is 9.84 Å². The van der Waals surface area contributed by atoms with Crippen LogP contribution in [-0.4, -0.2) is 24.6 Å². The Labute approximate surface area is 213 Å². The van der Waals surface area contributed by atoms with Crippen LogP contribution in [-0.2, 0) is 12.2 Å². The fourth-order valence-electron chi connectivity index (χ4n) is 3.77. The van der Waals surface area contributed by atoms with Gasteiger partial charge >= 0.3 is 0 Å². The third-order valence-corrected chi connectivity index (χ3v) is 6.13. The second-order valence-electron chi connectivity index (χ2n) is 9.10. The molecule has 0 unspecified atom stereocenters. The van der Waals surface area contributed by atoms with Crippen LogP contribution < -0.4 is 10.3 Å². The second-order valence-corrected chi connectivity index (χ2v) is 9.48. The lowest BCUT2D eigenvalue weighted by molar-refractivity contribution is 0.0739. The minimum absolute atomic E-state index is 0.112. The Morgan fingerprint density at radius 1 is 1.11 bits per heavy atom. The molecule has 9 heteroatoms. The van der Waals surface area contributed by atoms with E-state index in [1.807, 2.05) is 19.9 Å². The molecule has 0 radical (unpaired) electrons. The van der Waals surface area contributed by atoms with Gasteiger partial charge in [0.05, 0.1) is 22.8 Å². The van der Waals surface area contributed by atoms with E-state index in [9.17, 15) is 14.3 Å². The summed E-state index contributed by atoms with van der Waals surface area (Å²) in [7, 11) is 0. The maximum Gasteiger partial charge on any atom is 0.277 e. The summed E-state index contributed by atoms with van der Waals surface area (Å²) in [6, 6.07) is 9.82. The van der Waals surface area contributed by atoms with Crippen molar-refractivity contribution in [3.8, 4) is 22.8 Å². The third kappa shape index (κ3) is 5.01. The van der Waals surface area contributed by atoms with Crippen LogP contribution in [0.2, 0.25) is 5.02 Å². The van der Waals surface area contributed by atoms with Crippen molar-refractivity contribution in [1.82, 2.24) is 19.5 Å². The number of pyridine rings is 4. The van der Waals surface area contributed by atoms with Crippen molar-refractivity contribution in [3.05, 3.63) is 98.2 Å². The number of hydrogen-bond donors (Lipinski definition) is 1. The average molecular weight is 509 g/mol. The van der Waals surface area contributed by atoms with E-state index >= 15 is 0 Å². The molecule has 4 aromatic heterocycles. The average Bonchev–Trinajstić information content (AvgIpc) is 2.82. The van der Waals surface area contributed by atoms with Crippen molar-refractivity contribution in [3.63, 3.8) is 0 Å². The van der Waals surface area contributed by atoms with Crippen LogP contribution in [0.4, 0.5) is 4.39 Å². The largest absolute Gasteiger partial charge is 0.485 e. The SMILES string of the molecule is Cc1cnc(-c2nc(C(C)(C)O)ccc2C)cc1-n1c(C)cc(OCc2ncccc2F)c(Cl)c1=O. The van der Waals surface area contributed by atoms with E-state index in [1.165, 1.54) is 22.9 Å². The molecule has 0 aliphatic carbocycles. The van der Waals surface area contributed by atoms with Gasteiger partial charge in [-0.05, 0) is 70.0 Å². The predicted molar refractivity (Wildman–Crippen MR) is 136 cm³/mol. The number of halogens is 2. The molecule has 4 rings (SSSR count). The van der Waals surface area contributed by atoms with Crippen LogP contribution in [0.15, 0.2) is 53.6 Å².